The number of nitrogens with zero attached hydrogens (tertiary/aromatic N) is 3. The van der Waals surface area contributed by atoms with Crippen LogP contribution in [0, 0.1) is 6.92 Å². The van der Waals surface area contributed by atoms with Crippen molar-refractivity contribution in [3.8, 4) is 0 Å². The molecule has 1 aromatic carbocycles. The zero-order valence-electron chi connectivity index (χ0n) is 13.9. The average Bonchev–Trinajstić information content (AvgIpc) is 2.62. The Bertz CT molecular complexity index is 769. The molecule has 0 bridgehead atoms. The second kappa shape index (κ2) is 6.32. The minimum absolute atomic E-state index is 0.151. The molecule has 1 fully saturated rings. The number of carbonyl (C=O) groups is 1. The Hall–Kier alpha value is -2.27. The number of morpholine rings is 1. The van der Waals surface area contributed by atoms with Crippen LogP contribution in [0.25, 0.3) is 0 Å². The standard InChI is InChI=1S/C19H21N3O2/c1-13-4-2-3-5-15(13)14-10-17-16(18(23)11-14)12-20-19(21-17)22-6-8-24-9-7-22/h2-5,12,14H,6-11H2,1H3. The van der Waals surface area contributed by atoms with Crippen molar-refractivity contribution in [2.45, 2.75) is 25.7 Å². The molecule has 5 heteroatoms. The summed E-state index contributed by atoms with van der Waals surface area (Å²) < 4.78 is 5.39. The Morgan fingerprint density at radius 2 is 1.96 bits per heavy atom. The lowest BCUT2D eigenvalue weighted by molar-refractivity contribution is 0.0962. The van der Waals surface area contributed by atoms with Gasteiger partial charge in [0.1, 0.15) is 0 Å². The molecule has 124 valence electrons. The number of fused-ring (bicyclic) bond motifs is 1. The van der Waals surface area contributed by atoms with Gasteiger partial charge in [0.05, 0.1) is 24.5 Å². The van der Waals surface area contributed by atoms with Gasteiger partial charge in [0.15, 0.2) is 5.78 Å². The molecule has 1 saturated heterocycles. The molecule has 0 amide bonds. The van der Waals surface area contributed by atoms with Crippen LogP contribution in [0.4, 0.5) is 5.95 Å². The summed E-state index contributed by atoms with van der Waals surface area (Å²) in [5.74, 6) is 1.08. The highest BCUT2D eigenvalue weighted by Crippen LogP contribution is 2.33. The largest absolute Gasteiger partial charge is 0.378 e. The summed E-state index contributed by atoms with van der Waals surface area (Å²) in [6, 6.07) is 8.31. The smallest absolute Gasteiger partial charge is 0.225 e. The summed E-state index contributed by atoms with van der Waals surface area (Å²) in [5, 5.41) is 0. The summed E-state index contributed by atoms with van der Waals surface area (Å²) in [4.78, 5) is 23.8. The van der Waals surface area contributed by atoms with Crippen LogP contribution in [0.1, 0.15) is 39.5 Å². The molecule has 0 saturated carbocycles. The molecule has 1 atom stereocenters. The fourth-order valence-electron chi connectivity index (χ4n) is 3.61. The first kappa shape index (κ1) is 15.3. The van der Waals surface area contributed by atoms with E-state index in [0.29, 0.717) is 25.2 Å². The van der Waals surface area contributed by atoms with E-state index in [9.17, 15) is 4.79 Å². The van der Waals surface area contributed by atoms with Crippen LogP contribution in [-0.4, -0.2) is 42.1 Å². The molecular weight excluding hydrogens is 302 g/mol. The highest BCUT2D eigenvalue weighted by atomic mass is 16.5. The lowest BCUT2D eigenvalue weighted by Crippen LogP contribution is -2.37. The molecule has 2 heterocycles. The highest BCUT2D eigenvalue weighted by molar-refractivity contribution is 5.98. The fraction of sp³-hybridized carbons (Fsp3) is 0.421. The van der Waals surface area contributed by atoms with Crippen LogP contribution >= 0.6 is 0 Å². The molecule has 1 aliphatic carbocycles. The molecule has 1 unspecified atom stereocenters. The number of ketones is 1. The molecule has 4 rings (SSSR count). The molecular formula is C19H21N3O2. The third kappa shape index (κ3) is 2.80. The monoisotopic (exact) mass is 323 g/mol. The maximum atomic E-state index is 12.6. The van der Waals surface area contributed by atoms with Crippen LogP contribution in [0.2, 0.25) is 0 Å². The molecule has 5 nitrogen and oxygen atoms in total. The van der Waals surface area contributed by atoms with Gasteiger partial charge in [0.25, 0.3) is 0 Å². The SMILES string of the molecule is Cc1ccccc1C1CC(=O)c2cnc(N3CCOCC3)nc2C1. The third-order valence-electron chi connectivity index (χ3n) is 4.95. The van der Waals surface area contributed by atoms with E-state index < -0.39 is 0 Å². The Morgan fingerprint density at radius 3 is 2.75 bits per heavy atom. The Morgan fingerprint density at radius 1 is 1.17 bits per heavy atom. The molecule has 1 aromatic heterocycles. The van der Waals surface area contributed by atoms with E-state index in [1.807, 2.05) is 12.1 Å². The van der Waals surface area contributed by atoms with Gasteiger partial charge in [0.2, 0.25) is 5.95 Å². The van der Waals surface area contributed by atoms with Crippen LogP contribution < -0.4 is 4.90 Å². The summed E-state index contributed by atoms with van der Waals surface area (Å²) in [5.41, 5.74) is 4.07. The minimum atomic E-state index is 0.151. The van der Waals surface area contributed by atoms with Crippen molar-refractivity contribution in [2.75, 3.05) is 31.2 Å². The molecule has 0 N–H and O–H groups in total. The van der Waals surface area contributed by atoms with E-state index in [-0.39, 0.29) is 11.7 Å². The van der Waals surface area contributed by atoms with E-state index >= 15 is 0 Å². The van der Waals surface area contributed by atoms with Crippen molar-refractivity contribution in [3.05, 3.63) is 52.8 Å². The number of ether oxygens (including phenoxy) is 1. The number of benzene rings is 1. The van der Waals surface area contributed by atoms with Crippen LogP contribution in [0.5, 0.6) is 0 Å². The molecule has 0 spiro atoms. The first-order chi connectivity index (χ1) is 11.7. The predicted octanol–water partition coefficient (Wildman–Crippen LogP) is 2.53. The van der Waals surface area contributed by atoms with Gasteiger partial charge < -0.3 is 9.64 Å². The number of aromatic nitrogens is 2. The summed E-state index contributed by atoms with van der Waals surface area (Å²) >= 11 is 0. The van der Waals surface area contributed by atoms with Gasteiger partial charge in [-0.15, -0.1) is 0 Å². The maximum Gasteiger partial charge on any atom is 0.225 e. The molecule has 2 aromatic rings. The zero-order valence-corrected chi connectivity index (χ0v) is 13.9. The minimum Gasteiger partial charge on any atom is -0.378 e. The zero-order chi connectivity index (χ0) is 16.5. The highest BCUT2D eigenvalue weighted by Gasteiger charge is 2.29. The molecule has 2 aliphatic rings. The van der Waals surface area contributed by atoms with Gasteiger partial charge in [-0.3, -0.25) is 4.79 Å². The van der Waals surface area contributed by atoms with E-state index in [1.165, 1.54) is 11.1 Å². The summed E-state index contributed by atoms with van der Waals surface area (Å²) in [6.45, 7) is 5.10. The van der Waals surface area contributed by atoms with Gasteiger partial charge in [0, 0.05) is 25.7 Å². The Labute approximate surface area is 141 Å². The van der Waals surface area contributed by atoms with Crippen molar-refractivity contribution >= 4 is 11.7 Å². The number of carbonyl (C=O) groups excluding carboxylic acids is 1. The van der Waals surface area contributed by atoms with Crippen molar-refractivity contribution in [3.63, 3.8) is 0 Å². The van der Waals surface area contributed by atoms with Gasteiger partial charge in [-0.05, 0) is 30.4 Å². The second-order valence-corrected chi connectivity index (χ2v) is 6.51. The van der Waals surface area contributed by atoms with E-state index in [2.05, 4.69) is 28.9 Å². The summed E-state index contributed by atoms with van der Waals surface area (Å²) in [6.07, 6.45) is 3.05. The number of aryl methyl sites for hydroxylation is 1. The van der Waals surface area contributed by atoms with Crippen molar-refractivity contribution < 1.29 is 9.53 Å². The average molecular weight is 323 g/mol. The number of hydrogen-bond donors (Lipinski definition) is 0. The van der Waals surface area contributed by atoms with Crippen LogP contribution in [0.15, 0.2) is 30.5 Å². The topological polar surface area (TPSA) is 55.3 Å². The van der Waals surface area contributed by atoms with Crippen molar-refractivity contribution in [1.29, 1.82) is 0 Å². The predicted molar refractivity (Wildman–Crippen MR) is 91.6 cm³/mol. The van der Waals surface area contributed by atoms with E-state index in [1.54, 1.807) is 6.20 Å². The van der Waals surface area contributed by atoms with Crippen molar-refractivity contribution in [1.82, 2.24) is 9.97 Å². The van der Waals surface area contributed by atoms with Gasteiger partial charge >= 0.3 is 0 Å². The number of anilines is 1. The Kier molecular flexibility index (Phi) is 4.02. The maximum absolute atomic E-state index is 12.6. The van der Waals surface area contributed by atoms with E-state index in [0.717, 1.165) is 31.2 Å². The van der Waals surface area contributed by atoms with Gasteiger partial charge in [-0.25, -0.2) is 9.97 Å². The third-order valence-corrected chi connectivity index (χ3v) is 4.95. The summed E-state index contributed by atoms with van der Waals surface area (Å²) in [7, 11) is 0. The molecule has 24 heavy (non-hydrogen) atoms. The normalized spacial score (nSPS) is 20.8. The Balaban J connectivity index is 1.65. The fourth-order valence-corrected chi connectivity index (χ4v) is 3.61. The number of Topliss-reactive ketones (excluding diaryl/α,β-unsaturated/α-hetero) is 1. The lowest BCUT2D eigenvalue weighted by Gasteiger charge is -2.29. The van der Waals surface area contributed by atoms with Crippen molar-refractivity contribution in [2.24, 2.45) is 0 Å². The second-order valence-electron chi connectivity index (χ2n) is 6.51. The first-order valence-electron chi connectivity index (χ1n) is 8.49. The molecule has 1 aliphatic heterocycles. The quantitative estimate of drug-likeness (QED) is 0.850. The van der Waals surface area contributed by atoms with Crippen LogP contribution in [-0.2, 0) is 11.2 Å². The number of hydrogen-bond acceptors (Lipinski definition) is 5. The molecule has 0 radical (unpaired) electrons. The van der Waals surface area contributed by atoms with E-state index in [4.69, 9.17) is 9.72 Å². The number of rotatable bonds is 2. The van der Waals surface area contributed by atoms with Gasteiger partial charge in [-0.1, -0.05) is 24.3 Å². The first-order valence-corrected chi connectivity index (χ1v) is 8.49. The lowest BCUT2D eigenvalue weighted by atomic mass is 9.81. The van der Waals surface area contributed by atoms with Crippen LogP contribution in [0.3, 0.4) is 0 Å². The van der Waals surface area contributed by atoms with Gasteiger partial charge in [-0.2, -0.15) is 0 Å².